The number of oxazole rings is 1. The van der Waals surface area contributed by atoms with Gasteiger partial charge in [0.2, 0.25) is 5.76 Å². The lowest BCUT2D eigenvalue weighted by Crippen LogP contribution is -2.45. The topological polar surface area (TPSA) is 92.4 Å². The number of nitrogens with zero attached hydrogens (tertiary/aromatic N) is 1. The highest BCUT2D eigenvalue weighted by molar-refractivity contribution is 5.93. The molecule has 0 aliphatic carbocycles. The number of aliphatic carboxylic acids is 1. The van der Waals surface area contributed by atoms with Gasteiger partial charge in [0.25, 0.3) is 5.91 Å². The van der Waals surface area contributed by atoms with Gasteiger partial charge in [0.05, 0.1) is 12.1 Å². The second-order valence-corrected chi connectivity index (χ2v) is 4.56. The predicted molar refractivity (Wildman–Crippen MR) is 59.8 cm³/mol. The zero-order valence-corrected chi connectivity index (χ0v) is 10.3. The molecule has 1 aromatic rings. The van der Waals surface area contributed by atoms with E-state index in [0.29, 0.717) is 11.6 Å². The van der Waals surface area contributed by atoms with Gasteiger partial charge in [0, 0.05) is 12.5 Å². The molecular weight excluding hydrogens is 224 g/mol. The van der Waals surface area contributed by atoms with Crippen LogP contribution in [0.1, 0.15) is 42.4 Å². The predicted octanol–water partition coefficient (Wildman–Crippen LogP) is 1.27. The molecule has 94 valence electrons. The third kappa shape index (κ3) is 3.58. The Morgan fingerprint density at radius 3 is 2.41 bits per heavy atom. The first kappa shape index (κ1) is 13.2. The Morgan fingerprint density at radius 1 is 1.41 bits per heavy atom. The van der Waals surface area contributed by atoms with E-state index in [2.05, 4.69) is 10.3 Å². The van der Waals surface area contributed by atoms with Gasteiger partial charge in [-0.2, -0.15) is 0 Å². The van der Waals surface area contributed by atoms with Crippen molar-refractivity contribution < 1.29 is 19.1 Å². The second-order valence-electron chi connectivity index (χ2n) is 4.56. The molecule has 0 bridgehead atoms. The molecule has 6 nitrogen and oxygen atoms in total. The molecule has 0 fully saturated rings. The highest BCUT2D eigenvalue weighted by Gasteiger charge is 2.27. The van der Waals surface area contributed by atoms with Crippen LogP contribution in [0.15, 0.2) is 4.42 Å². The summed E-state index contributed by atoms with van der Waals surface area (Å²) in [7, 11) is 0. The maximum atomic E-state index is 11.8. The average molecular weight is 240 g/mol. The minimum atomic E-state index is -0.972. The fraction of sp³-hybridized carbons (Fsp3) is 0.545. The number of amides is 1. The van der Waals surface area contributed by atoms with Crippen molar-refractivity contribution >= 4 is 11.9 Å². The summed E-state index contributed by atoms with van der Waals surface area (Å²) in [6, 6.07) is 0. The van der Waals surface area contributed by atoms with Crippen LogP contribution in [0.3, 0.4) is 0 Å². The summed E-state index contributed by atoms with van der Waals surface area (Å²) in [5.74, 6) is -0.889. The van der Waals surface area contributed by atoms with Gasteiger partial charge in [-0.05, 0) is 20.8 Å². The molecular formula is C11H16N2O4. The largest absolute Gasteiger partial charge is 0.481 e. The van der Waals surface area contributed by atoms with E-state index >= 15 is 0 Å². The van der Waals surface area contributed by atoms with Crippen LogP contribution in [-0.4, -0.2) is 27.5 Å². The van der Waals surface area contributed by atoms with Gasteiger partial charge in [-0.1, -0.05) is 0 Å². The normalized spacial score (nSPS) is 11.3. The number of carbonyl (C=O) groups is 2. The summed E-state index contributed by atoms with van der Waals surface area (Å²) in [5.41, 5.74) is -0.345. The number of carboxylic acid groups (broad SMARTS) is 1. The Bertz CT molecular complexity index is 448. The maximum Gasteiger partial charge on any atom is 0.305 e. The monoisotopic (exact) mass is 240 g/mol. The van der Waals surface area contributed by atoms with Crippen LogP contribution < -0.4 is 5.32 Å². The van der Waals surface area contributed by atoms with Crippen molar-refractivity contribution in [1.82, 2.24) is 10.3 Å². The van der Waals surface area contributed by atoms with Gasteiger partial charge in [-0.15, -0.1) is 0 Å². The van der Waals surface area contributed by atoms with Crippen LogP contribution in [0.5, 0.6) is 0 Å². The third-order valence-corrected chi connectivity index (χ3v) is 2.15. The smallest absolute Gasteiger partial charge is 0.305 e. The molecule has 1 rings (SSSR count). The summed E-state index contributed by atoms with van der Waals surface area (Å²) >= 11 is 0. The van der Waals surface area contributed by atoms with Crippen molar-refractivity contribution in [1.29, 1.82) is 0 Å². The van der Waals surface area contributed by atoms with Crippen molar-refractivity contribution in [3.63, 3.8) is 0 Å². The molecule has 0 saturated heterocycles. The number of aryl methyl sites for hydroxylation is 2. The maximum absolute atomic E-state index is 11.8. The molecule has 0 saturated carbocycles. The van der Waals surface area contributed by atoms with Crippen molar-refractivity contribution in [2.45, 2.75) is 39.7 Å². The SMILES string of the molecule is Cc1nc(C)c(C(=O)NC(C)(C)CC(=O)O)o1. The summed E-state index contributed by atoms with van der Waals surface area (Å²) < 4.78 is 5.16. The number of rotatable bonds is 4. The van der Waals surface area contributed by atoms with Crippen molar-refractivity contribution in [3.8, 4) is 0 Å². The Morgan fingerprint density at radius 2 is 2.00 bits per heavy atom. The molecule has 17 heavy (non-hydrogen) atoms. The highest BCUT2D eigenvalue weighted by Crippen LogP contribution is 2.13. The van der Waals surface area contributed by atoms with E-state index in [-0.39, 0.29) is 12.2 Å². The van der Waals surface area contributed by atoms with Crippen LogP contribution in [0.4, 0.5) is 0 Å². The van der Waals surface area contributed by atoms with Crippen molar-refractivity contribution in [2.75, 3.05) is 0 Å². The van der Waals surface area contributed by atoms with Crippen LogP contribution >= 0.6 is 0 Å². The third-order valence-electron chi connectivity index (χ3n) is 2.15. The van der Waals surface area contributed by atoms with Crippen LogP contribution in [-0.2, 0) is 4.79 Å². The van der Waals surface area contributed by atoms with E-state index in [1.54, 1.807) is 27.7 Å². The number of aromatic nitrogens is 1. The van der Waals surface area contributed by atoms with E-state index in [9.17, 15) is 9.59 Å². The molecule has 1 aromatic heterocycles. The first-order chi connectivity index (χ1) is 7.71. The van der Waals surface area contributed by atoms with E-state index in [4.69, 9.17) is 9.52 Å². The van der Waals surface area contributed by atoms with E-state index in [1.165, 1.54) is 0 Å². The molecule has 6 heteroatoms. The molecule has 0 atom stereocenters. The van der Waals surface area contributed by atoms with Gasteiger partial charge in [0.1, 0.15) is 0 Å². The van der Waals surface area contributed by atoms with Crippen LogP contribution in [0, 0.1) is 13.8 Å². The number of hydrogen-bond acceptors (Lipinski definition) is 4. The fourth-order valence-corrected chi connectivity index (χ4v) is 1.53. The molecule has 1 heterocycles. The van der Waals surface area contributed by atoms with Gasteiger partial charge in [-0.3, -0.25) is 9.59 Å². The van der Waals surface area contributed by atoms with E-state index in [1.807, 2.05) is 0 Å². The van der Waals surface area contributed by atoms with Gasteiger partial charge >= 0.3 is 5.97 Å². The molecule has 0 aromatic carbocycles. The van der Waals surface area contributed by atoms with Gasteiger partial charge in [0.15, 0.2) is 5.89 Å². The number of hydrogen-bond donors (Lipinski definition) is 2. The second kappa shape index (κ2) is 4.57. The summed E-state index contributed by atoms with van der Waals surface area (Å²) in [4.78, 5) is 26.4. The van der Waals surface area contributed by atoms with Gasteiger partial charge < -0.3 is 14.8 Å². The summed E-state index contributed by atoms with van der Waals surface area (Å²) in [6.45, 7) is 6.58. The van der Waals surface area contributed by atoms with Crippen molar-refractivity contribution in [2.24, 2.45) is 0 Å². The molecule has 0 radical (unpaired) electrons. The molecule has 1 amide bonds. The average Bonchev–Trinajstić information content (AvgIpc) is 2.41. The lowest BCUT2D eigenvalue weighted by molar-refractivity contribution is -0.138. The first-order valence-corrected chi connectivity index (χ1v) is 5.19. The highest BCUT2D eigenvalue weighted by atomic mass is 16.4. The fourth-order valence-electron chi connectivity index (χ4n) is 1.53. The Kier molecular flexibility index (Phi) is 3.55. The summed E-state index contributed by atoms with van der Waals surface area (Å²) in [5, 5.41) is 11.3. The first-order valence-electron chi connectivity index (χ1n) is 5.19. The zero-order chi connectivity index (χ0) is 13.2. The number of nitrogens with one attached hydrogen (secondary N) is 1. The Labute approximate surface area is 99.0 Å². The van der Waals surface area contributed by atoms with Crippen molar-refractivity contribution in [3.05, 3.63) is 17.3 Å². The molecule has 0 spiro atoms. The van der Waals surface area contributed by atoms with Crippen LogP contribution in [0.25, 0.3) is 0 Å². The van der Waals surface area contributed by atoms with Gasteiger partial charge in [-0.25, -0.2) is 4.98 Å². The minimum absolute atomic E-state index is 0.126. The molecule has 2 N–H and O–H groups in total. The molecule has 0 aliphatic heterocycles. The Balaban J connectivity index is 2.79. The lowest BCUT2D eigenvalue weighted by atomic mass is 10.0. The lowest BCUT2D eigenvalue weighted by Gasteiger charge is -2.23. The molecule has 0 unspecified atom stereocenters. The van der Waals surface area contributed by atoms with E-state index in [0.717, 1.165) is 0 Å². The van der Waals surface area contributed by atoms with E-state index < -0.39 is 17.4 Å². The molecule has 0 aliphatic rings. The number of carboxylic acids is 1. The number of carbonyl (C=O) groups excluding carboxylic acids is 1. The quantitative estimate of drug-likeness (QED) is 0.826. The minimum Gasteiger partial charge on any atom is -0.481 e. The Hall–Kier alpha value is -1.85. The zero-order valence-electron chi connectivity index (χ0n) is 10.3. The summed E-state index contributed by atoms with van der Waals surface area (Å²) in [6.07, 6.45) is -0.162. The van der Waals surface area contributed by atoms with Crippen LogP contribution in [0.2, 0.25) is 0 Å². The standard InChI is InChI=1S/C11H16N2O4/c1-6-9(17-7(2)12-6)10(16)13-11(3,4)5-8(14)15/h5H2,1-4H3,(H,13,16)(H,14,15).